The average Bonchev–Trinajstić information content (AvgIpc) is 2.26. The predicted molar refractivity (Wildman–Crippen MR) is 70.4 cm³/mol. The average molecular weight is 235 g/mol. The second-order valence-corrected chi connectivity index (χ2v) is 4.51. The van der Waals surface area contributed by atoms with E-state index in [4.69, 9.17) is 10.5 Å². The normalized spacial score (nSPS) is 12.2. The van der Waals surface area contributed by atoms with Gasteiger partial charge in [-0.15, -0.1) is 0 Å². The molecule has 0 aromatic heterocycles. The summed E-state index contributed by atoms with van der Waals surface area (Å²) < 4.78 is 5.64. The van der Waals surface area contributed by atoms with E-state index in [0.29, 0.717) is 23.8 Å². The Morgan fingerprint density at radius 1 is 1.47 bits per heavy atom. The number of rotatable bonds is 6. The number of hydrogen-bond acceptors (Lipinski definition) is 3. The number of benzene rings is 1. The summed E-state index contributed by atoms with van der Waals surface area (Å²) in [6, 6.07) is 5.23. The van der Waals surface area contributed by atoms with E-state index in [9.17, 15) is 4.79 Å². The molecule has 2 N–H and O–H groups in total. The Morgan fingerprint density at radius 3 is 2.71 bits per heavy atom. The Balaban J connectivity index is 2.62. The molecule has 0 bridgehead atoms. The van der Waals surface area contributed by atoms with Gasteiger partial charge in [-0.3, -0.25) is 4.79 Å². The molecule has 0 aliphatic carbocycles. The molecule has 17 heavy (non-hydrogen) atoms. The van der Waals surface area contributed by atoms with Crippen molar-refractivity contribution in [2.75, 3.05) is 12.3 Å². The van der Waals surface area contributed by atoms with E-state index in [1.807, 2.05) is 0 Å². The second-order valence-electron chi connectivity index (χ2n) is 4.51. The van der Waals surface area contributed by atoms with Crippen molar-refractivity contribution >= 4 is 11.5 Å². The standard InChI is InChI=1S/C14H21NO2/c1-4-5-10(2)9-17-12-6-7-13(11(3)16)14(15)8-12/h6-8,10H,4-5,9,15H2,1-3H3. The first-order chi connectivity index (χ1) is 8.04. The highest BCUT2D eigenvalue weighted by Gasteiger charge is 2.07. The fraction of sp³-hybridized carbons (Fsp3) is 0.500. The van der Waals surface area contributed by atoms with Crippen molar-refractivity contribution in [3.63, 3.8) is 0 Å². The van der Waals surface area contributed by atoms with E-state index in [1.165, 1.54) is 6.92 Å². The maximum atomic E-state index is 11.2. The molecule has 0 heterocycles. The lowest BCUT2D eigenvalue weighted by molar-refractivity contribution is 0.101. The van der Waals surface area contributed by atoms with Gasteiger partial charge in [-0.2, -0.15) is 0 Å². The number of ketones is 1. The number of hydrogen-bond donors (Lipinski definition) is 1. The third-order valence-corrected chi connectivity index (χ3v) is 2.72. The highest BCUT2D eigenvalue weighted by atomic mass is 16.5. The van der Waals surface area contributed by atoms with Gasteiger partial charge in [0.05, 0.1) is 6.61 Å². The molecule has 0 aliphatic rings. The van der Waals surface area contributed by atoms with Crippen molar-refractivity contribution in [3.05, 3.63) is 23.8 Å². The molecule has 1 rings (SSSR count). The van der Waals surface area contributed by atoms with E-state index in [1.54, 1.807) is 18.2 Å². The van der Waals surface area contributed by atoms with E-state index in [2.05, 4.69) is 13.8 Å². The number of nitrogens with two attached hydrogens (primary N) is 1. The maximum Gasteiger partial charge on any atom is 0.161 e. The van der Waals surface area contributed by atoms with Crippen molar-refractivity contribution < 1.29 is 9.53 Å². The SMILES string of the molecule is CCCC(C)COc1ccc(C(C)=O)c(N)c1. The number of ether oxygens (including phenoxy) is 1. The molecule has 1 atom stereocenters. The minimum Gasteiger partial charge on any atom is -0.493 e. The van der Waals surface area contributed by atoms with Gasteiger partial charge in [0.1, 0.15) is 5.75 Å². The number of anilines is 1. The number of nitrogen functional groups attached to an aromatic ring is 1. The van der Waals surface area contributed by atoms with Gasteiger partial charge in [0.2, 0.25) is 0 Å². The smallest absolute Gasteiger partial charge is 0.161 e. The van der Waals surface area contributed by atoms with Crippen LogP contribution in [0.5, 0.6) is 5.75 Å². The van der Waals surface area contributed by atoms with Gasteiger partial charge < -0.3 is 10.5 Å². The Kier molecular flexibility index (Phi) is 5.01. The zero-order valence-corrected chi connectivity index (χ0v) is 10.8. The summed E-state index contributed by atoms with van der Waals surface area (Å²) in [5, 5.41) is 0. The van der Waals surface area contributed by atoms with Gasteiger partial charge in [-0.1, -0.05) is 20.3 Å². The topological polar surface area (TPSA) is 52.3 Å². The third kappa shape index (κ3) is 4.10. The first-order valence-electron chi connectivity index (χ1n) is 6.07. The Bertz CT molecular complexity index is 388. The molecule has 0 saturated heterocycles. The molecule has 0 radical (unpaired) electrons. The van der Waals surface area contributed by atoms with Crippen LogP contribution < -0.4 is 10.5 Å². The van der Waals surface area contributed by atoms with Crippen LogP contribution in [0.3, 0.4) is 0 Å². The molecule has 94 valence electrons. The minimum atomic E-state index is -0.0200. The van der Waals surface area contributed by atoms with Crippen molar-refractivity contribution in [3.8, 4) is 5.75 Å². The third-order valence-electron chi connectivity index (χ3n) is 2.72. The molecule has 0 spiro atoms. The lowest BCUT2D eigenvalue weighted by atomic mass is 10.1. The molecule has 3 heteroatoms. The van der Waals surface area contributed by atoms with Crippen molar-refractivity contribution in [1.29, 1.82) is 0 Å². The quantitative estimate of drug-likeness (QED) is 0.608. The molecule has 0 amide bonds. The largest absolute Gasteiger partial charge is 0.493 e. The van der Waals surface area contributed by atoms with Gasteiger partial charge >= 0.3 is 0 Å². The van der Waals surface area contributed by atoms with Crippen LogP contribution in [0.25, 0.3) is 0 Å². The Morgan fingerprint density at radius 2 is 2.18 bits per heavy atom. The monoisotopic (exact) mass is 235 g/mol. The minimum absolute atomic E-state index is 0.0200. The summed E-state index contributed by atoms with van der Waals surface area (Å²) in [4.78, 5) is 11.2. The summed E-state index contributed by atoms with van der Waals surface area (Å²) in [5.41, 5.74) is 6.83. The Labute approximate surface area is 103 Å². The summed E-state index contributed by atoms with van der Waals surface area (Å²) in [6.07, 6.45) is 2.32. The lowest BCUT2D eigenvalue weighted by Gasteiger charge is -2.13. The van der Waals surface area contributed by atoms with Gasteiger partial charge in [0, 0.05) is 17.3 Å². The maximum absolute atomic E-state index is 11.2. The Hall–Kier alpha value is -1.51. The lowest BCUT2D eigenvalue weighted by Crippen LogP contribution is -2.09. The molecule has 1 unspecified atom stereocenters. The van der Waals surface area contributed by atoms with Crippen LogP contribution in [0.4, 0.5) is 5.69 Å². The van der Waals surface area contributed by atoms with Crippen LogP contribution >= 0.6 is 0 Å². The van der Waals surface area contributed by atoms with Crippen molar-refractivity contribution in [2.24, 2.45) is 5.92 Å². The van der Waals surface area contributed by atoms with E-state index < -0.39 is 0 Å². The molecule has 0 saturated carbocycles. The van der Waals surface area contributed by atoms with Crippen LogP contribution in [-0.4, -0.2) is 12.4 Å². The molecule has 1 aromatic carbocycles. The van der Waals surface area contributed by atoms with Crippen LogP contribution in [0.2, 0.25) is 0 Å². The number of Topliss-reactive ketones (excluding diaryl/α,β-unsaturated/α-hetero) is 1. The molecular weight excluding hydrogens is 214 g/mol. The molecular formula is C14H21NO2. The molecule has 3 nitrogen and oxygen atoms in total. The second kappa shape index (κ2) is 6.28. The zero-order chi connectivity index (χ0) is 12.8. The van der Waals surface area contributed by atoms with Gasteiger partial charge in [0.15, 0.2) is 5.78 Å². The molecule has 1 aromatic rings. The van der Waals surface area contributed by atoms with E-state index >= 15 is 0 Å². The predicted octanol–water partition coefficient (Wildman–Crippen LogP) is 3.29. The van der Waals surface area contributed by atoms with Crippen molar-refractivity contribution in [1.82, 2.24) is 0 Å². The highest BCUT2D eigenvalue weighted by molar-refractivity contribution is 5.99. The van der Waals surface area contributed by atoms with E-state index in [-0.39, 0.29) is 5.78 Å². The number of carbonyl (C=O) groups is 1. The van der Waals surface area contributed by atoms with Crippen LogP contribution in [0.1, 0.15) is 44.0 Å². The highest BCUT2D eigenvalue weighted by Crippen LogP contribution is 2.21. The summed E-state index contributed by atoms with van der Waals surface area (Å²) in [6.45, 7) is 6.52. The van der Waals surface area contributed by atoms with Crippen molar-refractivity contribution in [2.45, 2.75) is 33.6 Å². The molecule has 0 aliphatic heterocycles. The summed E-state index contributed by atoms with van der Waals surface area (Å²) in [5.74, 6) is 1.25. The van der Waals surface area contributed by atoms with Crippen LogP contribution in [0, 0.1) is 5.92 Å². The van der Waals surface area contributed by atoms with Gasteiger partial charge in [-0.05, 0) is 31.4 Å². The number of carbonyl (C=O) groups excluding carboxylic acids is 1. The summed E-state index contributed by atoms with van der Waals surface area (Å²) >= 11 is 0. The fourth-order valence-electron chi connectivity index (χ4n) is 1.77. The van der Waals surface area contributed by atoms with Crippen LogP contribution in [0.15, 0.2) is 18.2 Å². The van der Waals surface area contributed by atoms with E-state index in [0.717, 1.165) is 18.6 Å². The fourth-order valence-corrected chi connectivity index (χ4v) is 1.77. The van der Waals surface area contributed by atoms with Crippen LogP contribution in [-0.2, 0) is 0 Å². The van der Waals surface area contributed by atoms with Gasteiger partial charge in [0.25, 0.3) is 0 Å². The summed E-state index contributed by atoms with van der Waals surface area (Å²) in [7, 11) is 0. The molecule has 0 fully saturated rings. The zero-order valence-electron chi connectivity index (χ0n) is 10.8. The van der Waals surface area contributed by atoms with Gasteiger partial charge in [-0.25, -0.2) is 0 Å². The first-order valence-corrected chi connectivity index (χ1v) is 6.07. The first kappa shape index (κ1) is 13.6.